The van der Waals surface area contributed by atoms with E-state index < -0.39 is 55.0 Å². The Morgan fingerprint density at radius 1 is 0.941 bits per heavy atom. The minimum atomic E-state index is -3.06. The van der Waals surface area contributed by atoms with Crippen molar-refractivity contribution in [2.75, 3.05) is 0 Å². The van der Waals surface area contributed by atoms with Gasteiger partial charge in [-0.1, -0.05) is 26.2 Å². The second-order valence-electron chi connectivity index (χ2n) is 2.92. The third-order valence-corrected chi connectivity index (χ3v) is 9.29. The van der Waals surface area contributed by atoms with Crippen LogP contribution in [0.4, 0.5) is 0 Å². The van der Waals surface area contributed by atoms with Crippen molar-refractivity contribution in [2.45, 2.75) is 26.2 Å². The largest absolute Gasteiger partial charge is 0.608 e. The van der Waals surface area contributed by atoms with Crippen LogP contribution < -0.4 is 0 Å². The topological polar surface area (TPSA) is 66.4 Å². The molecule has 1 radical (unpaired) electrons. The first-order chi connectivity index (χ1) is 8.17. The molecule has 0 fully saturated rings. The maximum atomic E-state index is 9.34. The third kappa shape index (κ3) is 7.21. The lowest BCUT2D eigenvalue weighted by Gasteiger charge is -2.30. The average molecular weight is 327 g/mol. The smallest absolute Gasteiger partial charge is 0.451 e. The third-order valence-electron chi connectivity index (χ3n) is 1.72. The predicted molar refractivity (Wildman–Crippen MR) is 82.5 cm³/mol. The summed E-state index contributed by atoms with van der Waals surface area (Å²) in [5.74, 6) is 0. The van der Waals surface area contributed by atoms with Gasteiger partial charge in [-0.05, 0) is 0 Å². The monoisotopic (exact) mass is 327 g/mol. The van der Waals surface area contributed by atoms with E-state index in [0.29, 0.717) is 0 Å². The van der Waals surface area contributed by atoms with Crippen LogP contribution in [0.15, 0.2) is 0 Å². The van der Waals surface area contributed by atoms with Crippen LogP contribution in [0.1, 0.15) is 0 Å². The second kappa shape index (κ2) is 10.9. The molecule has 0 bridgehead atoms. The van der Waals surface area contributed by atoms with Crippen molar-refractivity contribution in [1.29, 1.82) is 0 Å². The van der Waals surface area contributed by atoms with Crippen molar-refractivity contribution in [3.63, 3.8) is 0 Å². The minimum absolute atomic E-state index is 0.648. The zero-order valence-electron chi connectivity index (χ0n) is 11.0. The van der Waals surface area contributed by atoms with Gasteiger partial charge in [0.1, 0.15) is 39.1 Å². The Labute approximate surface area is 115 Å². The minimum Gasteiger partial charge on any atom is -0.451 e. The molecule has 6 nitrogen and oxygen atoms in total. The molecule has 0 heterocycles. The van der Waals surface area contributed by atoms with Gasteiger partial charge in [0, 0.05) is 0 Å². The molecular weight excluding hydrogens is 306 g/mol. The molecule has 0 amide bonds. The van der Waals surface area contributed by atoms with E-state index in [1.54, 1.807) is 0 Å². The van der Waals surface area contributed by atoms with Gasteiger partial charge in [-0.3, -0.25) is 0 Å². The molecule has 0 saturated carbocycles. The lowest BCUT2D eigenvalue weighted by Crippen LogP contribution is -2.57. The van der Waals surface area contributed by atoms with Crippen molar-refractivity contribution in [3.05, 3.63) is 0 Å². The predicted octanol–water partition coefficient (Wildman–Crippen LogP) is -3.37. The Kier molecular flexibility index (Phi) is 11.5. The first kappa shape index (κ1) is 18.0. The van der Waals surface area contributed by atoms with Crippen LogP contribution in [0, 0.1) is 0 Å². The van der Waals surface area contributed by atoms with Gasteiger partial charge in [0.2, 0.25) is 0 Å². The van der Waals surface area contributed by atoms with Crippen molar-refractivity contribution in [3.8, 4) is 0 Å². The fraction of sp³-hybridized carbons (Fsp3) is 1.00. The average Bonchev–Trinajstić information content (AvgIpc) is 2.30. The Hall–Kier alpha value is 0.974. The van der Waals surface area contributed by atoms with Crippen LogP contribution in [-0.4, -0.2) is 67.1 Å². The van der Waals surface area contributed by atoms with E-state index in [0.717, 1.165) is 7.07 Å². The normalized spacial score (nSPS) is 17.2. The van der Waals surface area contributed by atoms with Crippen LogP contribution in [0.25, 0.3) is 0 Å². The molecule has 0 saturated heterocycles. The zero-order chi connectivity index (χ0) is 13.1. The number of rotatable bonds is 11. The SMILES string of the molecule is C[SiH2]OB(O[SiH2]C)O[Si]([B]O)(O[SiH2]C)O[SiH2]C. The molecule has 0 aromatic carbocycles. The lowest BCUT2D eigenvalue weighted by atomic mass is 10.3. The van der Waals surface area contributed by atoms with Crippen LogP contribution in [-0.2, 0) is 21.3 Å². The highest BCUT2D eigenvalue weighted by molar-refractivity contribution is 7.15. The van der Waals surface area contributed by atoms with E-state index in [9.17, 15) is 5.02 Å². The molecule has 0 aliphatic rings. The van der Waals surface area contributed by atoms with E-state index in [4.69, 9.17) is 21.3 Å². The fourth-order valence-electron chi connectivity index (χ4n) is 1.14. The van der Waals surface area contributed by atoms with Gasteiger partial charge >= 0.3 is 23.1 Å². The van der Waals surface area contributed by atoms with Gasteiger partial charge < -0.3 is 26.3 Å². The highest BCUT2D eigenvalue weighted by Crippen LogP contribution is 2.09. The molecule has 0 unspecified atom stereocenters. The highest BCUT2D eigenvalue weighted by Gasteiger charge is 2.45. The van der Waals surface area contributed by atoms with Crippen LogP contribution in [0.5, 0.6) is 0 Å². The number of hydrogen-bond acceptors (Lipinski definition) is 6. The maximum absolute atomic E-state index is 9.34. The summed E-state index contributed by atoms with van der Waals surface area (Å²) in [6.07, 6.45) is 0. The van der Waals surface area contributed by atoms with Gasteiger partial charge in [-0.25, -0.2) is 0 Å². The summed E-state index contributed by atoms with van der Waals surface area (Å²) in [7, 11) is -5.61. The molecular formula is C4H21B2O6Si5. The molecule has 13 heteroatoms. The fourth-order valence-corrected chi connectivity index (χ4v) is 8.39. The lowest BCUT2D eigenvalue weighted by molar-refractivity contribution is 0.234. The molecule has 0 rings (SSSR count). The van der Waals surface area contributed by atoms with Crippen molar-refractivity contribution >= 4 is 62.1 Å². The van der Waals surface area contributed by atoms with Gasteiger partial charge in [0.05, 0.1) is 0 Å². The van der Waals surface area contributed by atoms with Crippen LogP contribution >= 0.6 is 0 Å². The van der Waals surface area contributed by atoms with Crippen LogP contribution in [0.3, 0.4) is 0 Å². The quantitative estimate of drug-likeness (QED) is 0.400. The molecule has 1 N–H and O–H groups in total. The molecule has 17 heavy (non-hydrogen) atoms. The maximum Gasteiger partial charge on any atom is 0.608 e. The van der Waals surface area contributed by atoms with Gasteiger partial charge in [-0.15, -0.1) is 0 Å². The summed E-state index contributed by atoms with van der Waals surface area (Å²) in [5.41, 5.74) is 0. The van der Waals surface area contributed by atoms with E-state index in [1.807, 2.05) is 26.2 Å². The van der Waals surface area contributed by atoms with Gasteiger partial charge in [-0.2, -0.15) is 0 Å². The first-order valence-corrected chi connectivity index (χ1v) is 15.6. The molecule has 0 aliphatic heterocycles. The van der Waals surface area contributed by atoms with Gasteiger partial charge in [0.25, 0.3) is 0 Å². The first-order valence-electron chi connectivity index (χ1n) is 5.85. The highest BCUT2D eigenvalue weighted by atomic mass is 28.4. The molecule has 0 atom stereocenters. The summed E-state index contributed by atoms with van der Waals surface area (Å²) >= 11 is 0. The van der Waals surface area contributed by atoms with Crippen molar-refractivity contribution < 1.29 is 26.3 Å². The molecule has 0 aromatic rings. The van der Waals surface area contributed by atoms with E-state index >= 15 is 0 Å². The molecule has 0 spiro atoms. The Balaban J connectivity index is 4.53. The Morgan fingerprint density at radius 2 is 1.41 bits per heavy atom. The summed E-state index contributed by atoms with van der Waals surface area (Å²) in [4.78, 5) is 0. The molecule has 0 aliphatic carbocycles. The molecule has 99 valence electrons. The number of hydrogen-bond donors (Lipinski definition) is 1. The van der Waals surface area contributed by atoms with Crippen molar-refractivity contribution in [1.82, 2.24) is 0 Å². The van der Waals surface area contributed by atoms with Crippen molar-refractivity contribution in [2.24, 2.45) is 0 Å². The Morgan fingerprint density at radius 3 is 1.71 bits per heavy atom. The van der Waals surface area contributed by atoms with E-state index in [2.05, 4.69) is 0 Å². The molecule has 0 aromatic heterocycles. The zero-order valence-corrected chi connectivity index (χ0v) is 17.6. The second-order valence-corrected chi connectivity index (χ2v) is 9.90. The Bertz CT molecular complexity index is 180. The summed E-state index contributed by atoms with van der Waals surface area (Å²) in [6.45, 7) is 7.92. The van der Waals surface area contributed by atoms with E-state index in [1.165, 1.54) is 0 Å². The summed E-state index contributed by atoms with van der Waals surface area (Å²) < 4.78 is 27.7. The van der Waals surface area contributed by atoms with E-state index in [-0.39, 0.29) is 0 Å². The summed E-state index contributed by atoms with van der Waals surface area (Å²) in [6, 6.07) is 0. The van der Waals surface area contributed by atoms with Gasteiger partial charge in [0.15, 0.2) is 0 Å². The standard InChI is InChI=1S/C4H21B2O6Si5/c1-13-8-6(9-14-2)10-17(5-7,11-15-3)12-16-4/h7H,13-16H2,1-4H3. The summed E-state index contributed by atoms with van der Waals surface area (Å²) in [5, 5.41) is 9.34. The van der Waals surface area contributed by atoms with Crippen LogP contribution in [0.2, 0.25) is 26.2 Å².